The highest BCUT2D eigenvalue weighted by Crippen LogP contribution is 2.65. The molecule has 26 heavy (non-hydrogen) atoms. The average molecular weight is 354 g/mol. The lowest BCUT2D eigenvalue weighted by Gasteiger charge is -2.42. The number of hydrogen-bond donors (Lipinski definition) is 0. The van der Waals surface area contributed by atoms with Gasteiger partial charge in [-0.15, -0.1) is 0 Å². The molecule has 3 fully saturated rings. The molecule has 1 saturated heterocycles. The van der Waals surface area contributed by atoms with Gasteiger partial charge in [0.2, 0.25) is 5.91 Å². The van der Waals surface area contributed by atoms with Gasteiger partial charge in [0.25, 0.3) is 0 Å². The number of piperazine rings is 1. The number of fused-ring (bicyclic) bond motifs is 2. The maximum Gasteiger partial charge on any atom is 0.233 e. The van der Waals surface area contributed by atoms with E-state index in [-0.39, 0.29) is 10.8 Å². The number of pyridine rings is 1. The lowest BCUT2D eigenvalue weighted by atomic mass is 9.68. The van der Waals surface area contributed by atoms with Crippen LogP contribution in [-0.2, 0) is 4.79 Å². The number of carbonyl (C=O) groups is 1. The fraction of sp³-hybridized carbons (Fsp3) is 0.636. The second-order valence-electron chi connectivity index (χ2n) is 9.11. The van der Waals surface area contributed by atoms with Crippen molar-refractivity contribution in [2.24, 2.45) is 16.7 Å². The van der Waals surface area contributed by atoms with Crippen molar-refractivity contribution in [1.29, 1.82) is 0 Å². The Hall–Kier alpha value is -1.84. The Labute approximate surface area is 157 Å². The molecule has 1 aromatic heterocycles. The number of rotatable bonds is 2. The van der Waals surface area contributed by atoms with Gasteiger partial charge in [0, 0.05) is 43.3 Å². The lowest BCUT2D eigenvalue weighted by molar-refractivity contribution is -0.140. The average Bonchev–Trinajstić information content (AvgIpc) is 3.13. The van der Waals surface area contributed by atoms with Gasteiger partial charge in [-0.1, -0.05) is 26.0 Å². The molecule has 140 valence electrons. The molecule has 0 radical (unpaired) electrons. The first-order chi connectivity index (χ1) is 12.2. The second-order valence-corrected chi connectivity index (χ2v) is 9.11. The van der Waals surface area contributed by atoms with Crippen LogP contribution < -0.4 is 4.90 Å². The van der Waals surface area contributed by atoms with Gasteiger partial charge in [0.05, 0.1) is 5.41 Å². The molecular formula is C22H31N3O. The number of aryl methyl sites for hydroxylation is 2. The molecule has 2 saturated carbocycles. The molecular weight excluding hydrogens is 322 g/mol. The third-order valence-electron chi connectivity index (χ3n) is 7.30. The maximum atomic E-state index is 13.5. The summed E-state index contributed by atoms with van der Waals surface area (Å²) in [7, 11) is 0. The van der Waals surface area contributed by atoms with Crippen LogP contribution in [0.15, 0.2) is 24.3 Å². The van der Waals surface area contributed by atoms with Gasteiger partial charge in [0.1, 0.15) is 0 Å². The fourth-order valence-corrected chi connectivity index (χ4v) is 5.59. The number of amides is 1. The largest absolute Gasteiger partial charge is 0.368 e. The summed E-state index contributed by atoms with van der Waals surface area (Å²) in [5.41, 5.74) is 4.36. The van der Waals surface area contributed by atoms with Crippen molar-refractivity contribution < 1.29 is 4.79 Å². The summed E-state index contributed by atoms with van der Waals surface area (Å²) in [6.07, 6.45) is 3.19. The lowest BCUT2D eigenvalue weighted by Crippen LogP contribution is -2.53. The monoisotopic (exact) mass is 353 g/mol. The predicted molar refractivity (Wildman–Crippen MR) is 105 cm³/mol. The number of hydrogen-bond acceptors (Lipinski definition) is 3. The number of nitrogens with zero attached hydrogens (tertiary/aromatic N) is 3. The standard InChI is InChI=1S/C22H31N3O/c1-15-12-19(13-16(2)23-15)24-8-10-25(11-9-24)20(26)22-7-6-18(14-22)21(4,5)17(22)3/h12-13,18H,3,6-11,14H2,1-2,4-5H3. The zero-order valence-corrected chi connectivity index (χ0v) is 16.6. The molecule has 1 aromatic rings. The Morgan fingerprint density at radius 1 is 1.15 bits per heavy atom. The summed E-state index contributed by atoms with van der Waals surface area (Å²) >= 11 is 0. The van der Waals surface area contributed by atoms with E-state index in [0.717, 1.165) is 50.4 Å². The van der Waals surface area contributed by atoms with Gasteiger partial charge in [-0.05, 0) is 56.6 Å². The van der Waals surface area contributed by atoms with Gasteiger partial charge >= 0.3 is 0 Å². The van der Waals surface area contributed by atoms with Crippen LogP contribution in [0.1, 0.15) is 44.5 Å². The molecule has 0 aromatic carbocycles. The Bertz CT molecular complexity index is 740. The van der Waals surface area contributed by atoms with E-state index in [4.69, 9.17) is 0 Å². The van der Waals surface area contributed by atoms with Crippen molar-refractivity contribution in [2.45, 2.75) is 47.0 Å². The zero-order valence-electron chi connectivity index (χ0n) is 16.6. The number of carbonyl (C=O) groups excluding carboxylic acids is 1. The zero-order chi connectivity index (χ0) is 18.7. The summed E-state index contributed by atoms with van der Waals surface area (Å²) in [4.78, 5) is 22.4. The SMILES string of the molecule is C=C1C2(C(=O)N3CCN(c4cc(C)nc(C)c4)CC3)CCC(C2)C1(C)C. The van der Waals surface area contributed by atoms with Crippen molar-refractivity contribution in [1.82, 2.24) is 9.88 Å². The molecule has 2 atom stereocenters. The van der Waals surface area contributed by atoms with E-state index in [1.165, 1.54) is 17.7 Å². The summed E-state index contributed by atoms with van der Waals surface area (Å²) < 4.78 is 0. The molecule has 2 unspecified atom stereocenters. The van der Waals surface area contributed by atoms with E-state index in [1.807, 2.05) is 13.8 Å². The minimum absolute atomic E-state index is 0.113. The molecule has 4 heteroatoms. The van der Waals surface area contributed by atoms with Gasteiger partial charge in [-0.3, -0.25) is 9.78 Å². The van der Waals surface area contributed by atoms with E-state index >= 15 is 0 Å². The summed E-state index contributed by atoms with van der Waals surface area (Å²) in [6, 6.07) is 4.29. The Balaban J connectivity index is 1.47. The van der Waals surface area contributed by atoms with Crippen molar-refractivity contribution in [3.8, 4) is 0 Å². The highest BCUT2D eigenvalue weighted by Gasteiger charge is 2.61. The molecule has 4 nitrogen and oxygen atoms in total. The normalized spacial score (nSPS) is 30.2. The Morgan fingerprint density at radius 2 is 1.77 bits per heavy atom. The minimum Gasteiger partial charge on any atom is -0.368 e. The van der Waals surface area contributed by atoms with Crippen molar-refractivity contribution in [3.63, 3.8) is 0 Å². The molecule has 1 amide bonds. The topological polar surface area (TPSA) is 36.4 Å². The third-order valence-corrected chi connectivity index (χ3v) is 7.30. The van der Waals surface area contributed by atoms with Crippen LogP contribution in [0, 0.1) is 30.6 Å². The van der Waals surface area contributed by atoms with Crippen LogP contribution in [0.3, 0.4) is 0 Å². The second kappa shape index (κ2) is 5.83. The van der Waals surface area contributed by atoms with E-state index in [1.54, 1.807) is 0 Å². The summed E-state index contributed by atoms with van der Waals surface area (Å²) in [6.45, 7) is 16.4. The molecule has 4 rings (SSSR count). The predicted octanol–water partition coefficient (Wildman–Crippen LogP) is 3.73. The third kappa shape index (κ3) is 2.49. The van der Waals surface area contributed by atoms with Crippen molar-refractivity contribution in [2.75, 3.05) is 31.1 Å². The van der Waals surface area contributed by atoms with Crippen LogP contribution in [0.2, 0.25) is 0 Å². The molecule has 3 aliphatic rings. The van der Waals surface area contributed by atoms with Crippen LogP contribution in [-0.4, -0.2) is 42.0 Å². The fourth-order valence-electron chi connectivity index (χ4n) is 5.59. The highest BCUT2D eigenvalue weighted by atomic mass is 16.2. The highest BCUT2D eigenvalue weighted by molar-refractivity contribution is 5.88. The van der Waals surface area contributed by atoms with Gasteiger partial charge in [-0.25, -0.2) is 0 Å². The van der Waals surface area contributed by atoms with E-state index in [2.05, 4.69) is 47.3 Å². The smallest absolute Gasteiger partial charge is 0.233 e. The van der Waals surface area contributed by atoms with Gasteiger partial charge < -0.3 is 9.80 Å². The molecule has 0 N–H and O–H groups in total. The first kappa shape index (κ1) is 17.6. The van der Waals surface area contributed by atoms with E-state index in [9.17, 15) is 4.79 Å². The van der Waals surface area contributed by atoms with Crippen LogP contribution >= 0.6 is 0 Å². The molecule has 0 spiro atoms. The van der Waals surface area contributed by atoms with Crippen molar-refractivity contribution in [3.05, 3.63) is 35.7 Å². The van der Waals surface area contributed by atoms with Crippen molar-refractivity contribution >= 4 is 11.6 Å². The van der Waals surface area contributed by atoms with Crippen LogP contribution in [0.5, 0.6) is 0 Å². The van der Waals surface area contributed by atoms with Gasteiger partial charge in [-0.2, -0.15) is 0 Å². The maximum absolute atomic E-state index is 13.5. The summed E-state index contributed by atoms with van der Waals surface area (Å²) in [5, 5.41) is 0. The molecule has 2 aliphatic carbocycles. The van der Waals surface area contributed by atoms with E-state index in [0.29, 0.717) is 11.8 Å². The van der Waals surface area contributed by atoms with Crippen LogP contribution in [0.25, 0.3) is 0 Å². The van der Waals surface area contributed by atoms with Crippen LogP contribution in [0.4, 0.5) is 5.69 Å². The van der Waals surface area contributed by atoms with Gasteiger partial charge in [0.15, 0.2) is 0 Å². The first-order valence-corrected chi connectivity index (χ1v) is 9.93. The van der Waals surface area contributed by atoms with E-state index < -0.39 is 0 Å². The minimum atomic E-state index is -0.278. The quantitative estimate of drug-likeness (QED) is 0.760. The number of aromatic nitrogens is 1. The first-order valence-electron chi connectivity index (χ1n) is 9.93. The Morgan fingerprint density at radius 3 is 2.31 bits per heavy atom. The summed E-state index contributed by atoms with van der Waals surface area (Å²) in [5.74, 6) is 0.973. The molecule has 1 aliphatic heterocycles. The Kier molecular flexibility index (Phi) is 3.94. The number of anilines is 1. The molecule has 2 bridgehead atoms. The molecule has 2 heterocycles.